The van der Waals surface area contributed by atoms with Gasteiger partial charge in [0.15, 0.2) is 0 Å². The molecular formula is C14H22N2O. The highest BCUT2D eigenvalue weighted by molar-refractivity contribution is 5.22. The molecule has 0 saturated carbocycles. The van der Waals surface area contributed by atoms with Crippen molar-refractivity contribution in [3.8, 4) is 0 Å². The number of aliphatic hydroxyl groups excluding tert-OH is 1. The lowest BCUT2D eigenvalue weighted by Crippen LogP contribution is -2.53. The quantitative estimate of drug-likeness (QED) is 0.829. The molecule has 3 nitrogen and oxygen atoms in total. The predicted octanol–water partition coefficient (Wildman–Crippen LogP) is 1.36. The molecule has 3 heteroatoms. The lowest BCUT2D eigenvalue weighted by atomic mass is 10.1. The maximum absolute atomic E-state index is 9.01. The minimum absolute atomic E-state index is 0.126. The zero-order valence-corrected chi connectivity index (χ0v) is 10.7. The van der Waals surface area contributed by atoms with E-state index < -0.39 is 0 Å². The molecule has 94 valence electrons. The van der Waals surface area contributed by atoms with Gasteiger partial charge in [-0.15, -0.1) is 0 Å². The fourth-order valence-corrected chi connectivity index (χ4v) is 2.30. The fraction of sp³-hybridized carbons (Fsp3) is 0.571. The van der Waals surface area contributed by atoms with Crippen LogP contribution in [0.5, 0.6) is 0 Å². The van der Waals surface area contributed by atoms with E-state index in [2.05, 4.69) is 36.2 Å². The van der Waals surface area contributed by atoms with Crippen LogP contribution >= 0.6 is 0 Å². The van der Waals surface area contributed by atoms with Gasteiger partial charge in [-0.05, 0) is 25.0 Å². The smallest absolute Gasteiger partial charge is 0.0681 e. The highest BCUT2D eigenvalue weighted by atomic mass is 16.3. The summed E-state index contributed by atoms with van der Waals surface area (Å²) >= 11 is 0. The molecule has 0 radical (unpaired) electrons. The zero-order valence-electron chi connectivity index (χ0n) is 10.7. The monoisotopic (exact) mass is 234 g/mol. The molecule has 0 amide bonds. The second-order valence-corrected chi connectivity index (χ2v) is 5.06. The van der Waals surface area contributed by atoms with Crippen LogP contribution in [0.1, 0.15) is 25.0 Å². The molecule has 1 aromatic rings. The van der Waals surface area contributed by atoms with Gasteiger partial charge in [0.1, 0.15) is 0 Å². The average molecular weight is 234 g/mol. The van der Waals surface area contributed by atoms with Crippen LogP contribution in [-0.2, 0) is 13.2 Å². The van der Waals surface area contributed by atoms with E-state index in [-0.39, 0.29) is 6.61 Å². The molecular weight excluding hydrogens is 212 g/mol. The van der Waals surface area contributed by atoms with Crippen LogP contribution in [0.3, 0.4) is 0 Å². The summed E-state index contributed by atoms with van der Waals surface area (Å²) in [6.07, 6.45) is 0. The Bertz CT molecular complexity index is 350. The van der Waals surface area contributed by atoms with Crippen LogP contribution in [0, 0.1) is 0 Å². The molecule has 1 aromatic carbocycles. The molecule has 2 unspecified atom stereocenters. The molecule has 1 saturated heterocycles. The number of hydrogen-bond donors (Lipinski definition) is 2. The van der Waals surface area contributed by atoms with E-state index in [0.29, 0.717) is 12.1 Å². The van der Waals surface area contributed by atoms with Crippen molar-refractivity contribution in [3.05, 3.63) is 35.4 Å². The van der Waals surface area contributed by atoms with E-state index >= 15 is 0 Å². The SMILES string of the molecule is CC1CN(Cc2ccc(CO)cc2)C(C)CN1. The van der Waals surface area contributed by atoms with Crippen LogP contribution < -0.4 is 5.32 Å². The van der Waals surface area contributed by atoms with E-state index in [1.807, 2.05) is 12.1 Å². The summed E-state index contributed by atoms with van der Waals surface area (Å²) in [5.41, 5.74) is 2.30. The van der Waals surface area contributed by atoms with Gasteiger partial charge in [0.25, 0.3) is 0 Å². The third kappa shape index (κ3) is 3.28. The molecule has 1 heterocycles. The van der Waals surface area contributed by atoms with E-state index in [4.69, 9.17) is 5.11 Å². The first-order valence-corrected chi connectivity index (χ1v) is 6.35. The normalized spacial score (nSPS) is 26.1. The highest BCUT2D eigenvalue weighted by Gasteiger charge is 2.21. The van der Waals surface area contributed by atoms with E-state index in [1.165, 1.54) is 5.56 Å². The van der Waals surface area contributed by atoms with Crippen molar-refractivity contribution >= 4 is 0 Å². The maximum Gasteiger partial charge on any atom is 0.0681 e. The lowest BCUT2D eigenvalue weighted by molar-refractivity contribution is 0.139. The third-order valence-corrected chi connectivity index (χ3v) is 3.48. The van der Waals surface area contributed by atoms with Gasteiger partial charge in [-0.3, -0.25) is 4.90 Å². The first-order valence-electron chi connectivity index (χ1n) is 6.35. The van der Waals surface area contributed by atoms with Gasteiger partial charge in [0.2, 0.25) is 0 Å². The highest BCUT2D eigenvalue weighted by Crippen LogP contribution is 2.13. The topological polar surface area (TPSA) is 35.5 Å². The second-order valence-electron chi connectivity index (χ2n) is 5.06. The average Bonchev–Trinajstić information content (AvgIpc) is 2.35. The number of aliphatic hydroxyl groups is 1. The molecule has 0 aliphatic carbocycles. The number of rotatable bonds is 3. The Balaban J connectivity index is 1.98. The molecule has 0 spiro atoms. The lowest BCUT2D eigenvalue weighted by Gasteiger charge is -2.37. The van der Waals surface area contributed by atoms with Gasteiger partial charge in [-0.25, -0.2) is 0 Å². The number of nitrogens with zero attached hydrogens (tertiary/aromatic N) is 1. The Kier molecular flexibility index (Phi) is 4.15. The third-order valence-electron chi connectivity index (χ3n) is 3.48. The van der Waals surface area contributed by atoms with Crippen LogP contribution in [0.4, 0.5) is 0 Å². The van der Waals surface area contributed by atoms with E-state index in [0.717, 1.165) is 25.2 Å². The molecule has 1 aliphatic rings. The summed E-state index contributed by atoms with van der Waals surface area (Å²) in [4.78, 5) is 2.51. The van der Waals surface area contributed by atoms with E-state index in [9.17, 15) is 0 Å². The van der Waals surface area contributed by atoms with Crippen molar-refractivity contribution in [2.24, 2.45) is 0 Å². The van der Waals surface area contributed by atoms with Crippen LogP contribution in [-0.4, -0.2) is 35.2 Å². The first-order chi connectivity index (χ1) is 8.19. The van der Waals surface area contributed by atoms with Crippen molar-refractivity contribution in [1.82, 2.24) is 10.2 Å². The standard InChI is InChI=1S/C14H22N2O/c1-11-8-16(12(2)7-15-11)9-13-3-5-14(10-17)6-4-13/h3-6,11-12,15,17H,7-10H2,1-2H3. The Labute approximate surface area is 103 Å². The molecule has 2 N–H and O–H groups in total. The summed E-state index contributed by atoms with van der Waals surface area (Å²) in [7, 11) is 0. The molecule has 1 aliphatic heterocycles. The molecule has 1 fully saturated rings. The van der Waals surface area contributed by atoms with Crippen LogP contribution in [0.25, 0.3) is 0 Å². The molecule has 0 bridgehead atoms. The van der Waals surface area contributed by atoms with Gasteiger partial charge in [-0.1, -0.05) is 24.3 Å². The summed E-state index contributed by atoms with van der Waals surface area (Å²) < 4.78 is 0. The minimum Gasteiger partial charge on any atom is -0.392 e. The van der Waals surface area contributed by atoms with Crippen LogP contribution in [0.2, 0.25) is 0 Å². The summed E-state index contributed by atoms with van der Waals surface area (Å²) in [5, 5.41) is 12.5. The van der Waals surface area contributed by atoms with Crippen molar-refractivity contribution in [1.29, 1.82) is 0 Å². The maximum atomic E-state index is 9.01. The van der Waals surface area contributed by atoms with Gasteiger partial charge >= 0.3 is 0 Å². The number of piperazine rings is 1. The number of nitrogens with one attached hydrogen (secondary N) is 1. The van der Waals surface area contributed by atoms with Gasteiger partial charge < -0.3 is 10.4 Å². The summed E-state index contributed by atoms with van der Waals surface area (Å²) in [5.74, 6) is 0. The first kappa shape index (κ1) is 12.6. The molecule has 2 atom stereocenters. The predicted molar refractivity (Wildman–Crippen MR) is 69.7 cm³/mol. The van der Waals surface area contributed by atoms with Crippen molar-refractivity contribution in [3.63, 3.8) is 0 Å². The van der Waals surface area contributed by atoms with Crippen molar-refractivity contribution in [2.75, 3.05) is 13.1 Å². The molecule has 17 heavy (non-hydrogen) atoms. The van der Waals surface area contributed by atoms with Crippen LogP contribution in [0.15, 0.2) is 24.3 Å². The Morgan fingerprint density at radius 3 is 2.53 bits per heavy atom. The number of hydrogen-bond acceptors (Lipinski definition) is 3. The fourth-order valence-electron chi connectivity index (χ4n) is 2.30. The van der Waals surface area contributed by atoms with Crippen molar-refractivity contribution < 1.29 is 5.11 Å². The zero-order chi connectivity index (χ0) is 12.3. The van der Waals surface area contributed by atoms with Gasteiger partial charge in [0.05, 0.1) is 6.61 Å². The van der Waals surface area contributed by atoms with Gasteiger partial charge in [-0.2, -0.15) is 0 Å². The largest absolute Gasteiger partial charge is 0.392 e. The molecule has 2 rings (SSSR count). The van der Waals surface area contributed by atoms with Gasteiger partial charge in [0, 0.05) is 31.7 Å². The van der Waals surface area contributed by atoms with Crippen molar-refractivity contribution in [2.45, 2.75) is 39.1 Å². The summed E-state index contributed by atoms with van der Waals surface area (Å²) in [6.45, 7) is 7.79. The Morgan fingerprint density at radius 1 is 1.24 bits per heavy atom. The van der Waals surface area contributed by atoms with E-state index in [1.54, 1.807) is 0 Å². The minimum atomic E-state index is 0.126. The summed E-state index contributed by atoms with van der Waals surface area (Å²) in [6, 6.07) is 9.40. The number of benzene rings is 1. The molecule has 0 aromatic heterocycles. The second kappa shape index (κ2) is 5.63. The Morgan fingerprint density at radius 2 is 1.88 bits per heavy atom. The Hall–Kier alpha value is -0.900.